The second kappa shape index (κ2) is 6.47. The van der Waals surface area contributed by atoms with Crippen molar-refractivity contribution in [2.24, 2.45) is 5.92 Å². The van der Waals surface area contributed by atoms with Crippen molar-refractivity contribution < 1.29 is 9.21 Å². The Bertz CT molecular complexity index is 861. The molecule has 1 amide bonds. The van der Waals surface area contributed by atoms with Crippen LogP contribution in [0.15, 0.2) is 28.7 Å². The van der Waals surface area contributed by atoms with Gasteiger partial charge in [0.15, 0.2) is 17.2 Å². The number of nitrogens with one attached hydrogen (secondary N) is 2. The number of fused-ring (bicyclic) bond motifs is 1. The summed E-state index contributed by atoms with van der Waals surface area (Å²) in [6.07, 6.45) is 0.864. The minimum absolute atomic E-state index is 0.221. The van der Waals surface area contributed by atoms with Crippen LogP contribution in [0.2, 0.25) is 0 Å². The van der Waals surface area contributed by atoms with E-state index in [1.54, 1.807) is 12.1 Å². The maximum absolute atomic E-state index is 12.3. The first-order chi connectivity index (χ1) is 11.4. The highest BCUT2D eigenvalue weighted by atomic mass is 16.3. The van der Waals surface area contributed by atoms with Gasteiger partial charge in [-0.2, -0.15) is 5.10 Å². The van der Waals surface area contributed by atoms with Crippen LogP contribution in [-0.2, 0) is 6.42 Å². The summed E-state index contributed by atoms with van der Waals surface area (Å²) in [5.41, 5.74) is 3.47. The lowest BCUT2D eigenvalue weighted by molar-refractivity contribution is 0.102. The SMILES string of the molecule is CC(C)Cc1cc(C(=O)Nc2ccc3oc(C(C)C)nc3c2)n[nH]1. The molecule has 2 N–H and O–H groups in total. The molecule has 0 fully saturated rings. The van der Waals surface area contributed by atoms with Crippen LogP contribution < -0.4 is 5.32 Å². The number of hydrogen-bond acceptors (Lipinski definition) is 4. The number of H-pyrrole nitrogens is 1. The van der Waals surface area contributed by atoms with Gasteiger partial charge in [0.05, 0.1) is 0 Å². The van der Waals surface area contributed by atoms with Crippen molar-refractivity contribution in [2.75, 3.05) is 5.32 Å². The lowest BCUT2D eigenvalue weighted by Gasteiger charge is -2.02. The minimum atomic E-state index is -0.242. The predicted molar refractivity (Wildman–Crippen MR) is 93.2 cm³/mol. The molecule has 0 aliphatic carbocycles. The topological polar surface area (TPSA) is 83.8 Å². The van der Waals surface area contributed by atoms with Crippen molar-refractivity contribution in [2.45, 2.75) is 40.0 Å². The van der Waals surface area contributed by atoms with Crippen LogP contribution in [0.1, 0.15) is 55.7 Å². The first-order valence-electron chi connectivity index (χ1n) is 8.18. The van der Waals surface area contributed by atoms with E-state index in [9.17, 15) is 4.79 Å². The quantitative estimate of drug-likeness (QED) is 0.738. The van der Waals surface area contributed by atoms with Gasteiger partial charge in [-0.3, -0.25) is 9.89 Å². The van der Waals surface area contributed by atoms with Gasteiger partial charge in [0.25, 0.3) is 5.91 Å². The Morgan fingerprint density at radius 1 is 1.25 bits per heavy atom. The maximum atomic E-state index is 12.3. The van der Waals surface area contributed by atoms with Crippen LogP contribution in [0.5, 0.6) is 0 Å². The normalized spacial score (nSPS) is 11.6. The molecule has 6 heteroatoms. The Morgan fingerprint density at radius 3 is 2.75 bits per heavy atom. The number of carbonyl (C=O) groups excluding carboxylic acids is 1. The van der Waals surface area contributed by atoms with Crippen LogP contribution in [-0.4, -0.2) is 21.1 Å². The highest BCUT2D eigenvalue weighted by Crippen LogP contribution is 2.24. The smallest absolute Gasteiger partial charge is 0.276 e. The van der Waals surface area contributed by atoms with Gasteiger partial charge in [-0.15, -0.1) is 0 Å². The van der Waals surface area contributed by atoms with E-state index in [1.807, 2.05) is 26.0 Å². The number of nitrogens with zero attached hydrogens (tertiary/aromatic N) is 2. The van der Waals surface area contributed by atoms with Gasteiger partial charge in [-0.05, 0) is 36.6 Å². The second-order valence-electron chi connectivity index (χ2n) is 6.72. The third kappa shape index (κ3) is 3.48. The van der Waals surface area contributed by atoms with Crippen LogP contribution >= 0.6 is 0 Å². The molecule has 0 atom stereocenters. The van der Waals surface area contributed by atoms with Gasteiger partial charge in [0, 0.05) is 17.3 Å². The lowest BCUT2D eigenvalue weighted by Crippen LogP contribution is -2.12. The molecular formula is C18H22N4O2. The number of oxazole rings is 1. The number of aromatic amines is 1. The number of carbonyl (C=O) groups is 1. The first kappa shape index (κ1) is 16.2. The van der Waals surface area contributed by atoms with Crippen molar-refractivity contribution >= 4 is 22.7 Å². The average Bonchev–Trinajstić information content (AvgIpc) is 3.12. The summed E-state index contributed by atoms with van der Waals surface area (Å²) < 4.78 is 5.67. The van der Waals surface area contributed by atoms with Crippen LogP contribution in [0.4, 0.5) is 5.69 Å². The molecule has 3 aromatic rings. The van der Waals surface area contributed by atoms with Gasteiger partial charge < -0.3 is 9.73 Å². The van der Waals surface area contributed by atoms with Crippen LogP contribution in [0.3, 0.4) is 0 Å². The summed E-state index contributed by atoms with van der Waals surface area (Å²) >= 11 is 0. The van der Waals surface area contributed by atoms with E-state index in [-0.39, 0.29) is 11.8 Å². The van der Waals surface area contributed by atoms with E-state index in [1.165, 1.54) is 0 Å². The van der Waals surface area contributed by atoms with Crippen molar-refractivity contribution in [1.82, 2.24) is 15.2 Å². The summed E-state index contributed by atoms with van der Waals surface area (Å²) in [6, 6.07) is 7.22. The molecule has 0 unspecified atom stereocenters. The zero-order valence-electron chi connectivity index (χ0n) is 14.4. The lowest BCUT2D eigenvalue weighted by atomic mass is 10.1. The molecule has 1 aromatic carbocycles. The molecule has 0 bridgehead atoms. The Labute approximate surface area is 140 Å². The zero-order chi connectivity index (χ0) is 17.3. The molecule has 6 nitrogen and oxygen atoms in total. The van der Waals surface area contributed by atoms with E-state index in [0.717, 1.165) is 23.2 Å². The van der Waals surface area contributed by atoms with Crippen molar-refractivity contribution in [3.8, 4) is 0 Å². The summed E-state index contributed by atoms with van der Waals surface area (Å²) in [4.78, 5) is 16.8. The summed E-state index contributed by atoms with van der Waals surface area (Å²) in [6.45, 7) is 8.30. The predicted octanol–water partition coefficient (Wildman–Crippen LogP) is 4.13. The van der Waals surface area contributed by atoms with E-state index >= 15 is 0 Å². The minimum Gasteiger partial charge on any atom is -0.440 e. The molecule has 24 heavy (non-hydrogen) atoms. The van der Waals surface area contributed by atoms with Gasteiger partial charge >= 0.3 is 0 Å². The van der Waals surface area contributed by atoms with E-state index in [4.69, 9.17) is 4.42 Å². The average molecular weight is 326 g/mol. The summed E-state index contributed by atoms with van der Waals surface area (Å²) in [5, 5.41) is 9.85. The second-order valence-corrected chi connectivity index (χ2v) is 6.72. The molecule has 126 valence electrons. The molecular weight excluding hydrogens is 304 g/mol. The first-order valence-corrected chi connectivity index (χ1v) is 8.18. The number of amides is 1. The highest BCUT2D eigenvalue weighted by molar-refractivity contribution is 6.03. The zero-order valence-corrected chi connectivity index (χ0v) is 14.4. The third-order valence-corrected chi connectivity index (χ3v) is 3.65. The molecule has 0 spiro atoms. The third-order valence-electron chi connectivity index (χ3n) is 3.65. The molecule has 0 saturated heterocycles. The molecule has 0 aliphatic rings. The molecule has 2 aromatic heterocycles. The van der Waals surface area contributed by atoms with Gasteiger partial charge in [-0.1, -0.05) is 27.7 Å². The van der Waals surface area contributed by atoms with Crippen molar-refractivity contribution in [3.63, 3.8) is 0 Å². The fourth-order valence-corrected chi connectivity index (χ4v) is 2.49. The summed E-state index contributed by atoms with van der Waals surface area (Å²) in [7, 11) is 0. The van der Waals surface area contributed by atoms with E-state index in [0.29, 0.717) is 23.2 Å². The van der Waals surface area contributed by atoms with Gasteiger partial charge in [0.2, 0.25) is 0 Å². The molecule has 3 rings (SSSR count). The highest BCUT2D eigenvalue weighted by Gasteiger charge is 2.13. The molecule has 0 aliphatic heterocycles. The fourth-order valence-electron chi connectivity index (χ4n) is 2.49. The standard InChI is InChI=1S/C18H22N4O2/c1-10(2)7-13-9-15(22-21-13)17(23)19-12-5-6-16-14(8-12)20-18(24-16)11(3)4/h5-6,8-11H,7H2,1-4H3,(H,19,23)(H,21,22). The molecule has 0 radical (unpaired) electrons. The number of anilines is 1. The number of aromatic nitrogens is 3. The van der Waals surface area contributed by atoms with E-state index in [2.05, 4.69) is 34.3 Å². The van der Waals surface area contributed by atoms with E-state index < -0.39 is 0 Å². The molecule has 0 saturated carbocycles. The number of benzene rings is 1. The van der Waals surface area contributed by atoms with Crippen molar-refractivity contribution in [1.29, 1.82) is 0 Å². The van der Waals surface area contributed by atoms with Crippen LogP contribution in [0.25, 0.3) is 11.1 Å². The van der Waals surface area contributed by atoms with Crippen LogP contribution in [0, 0.1) is 5.92 Å². The number of hydrogen-bond donors (Lipinski definition) is 2. The largest absolute Gasteiger partial charge is 0.440 e. The Balaban J connectivity index is 1.76. The number of rotatable bonds is 5. The van der Waals surface area contributed by atoms with Crippen molar-refractivity contribution in [3.05, 3.63) is 41.5 Å². The Hall–Kier alpha value is -2.63. The fraction of sp³-hybridized carbons (Fsp3) is 0.389. The monoisotopic (exact) mass is 326 g/mol. The Morgan fingerprint density at radius 2 is 2.04 bits per heavy atom. The summed E-state index contributed by atoms with van der Waals surface area (Å²) in [5.74, 6) is 1.18. The van der Waals surface area contributed by atoms with Gasteiger partial charge in [0.1, 0.15) is 5.52 Å². The maximum Gasteiger partial charge on any atom is 0.276 e. The Kier molecular flexibility index (Phi) is 4.38. The van der Waals surface area contributed by atoms with Gasteiger partial charge in [-0.25, -0.2) is 4.98 Å². The molecule has 2 heterocycles.